The Balaban J connectivity index is -0.0000000200. The Morgan fingerprint density at radius 1 is 1.60 bits per heavy atom. The van der Waals surface area contributed by atoms with Crippen LogP contribution in [0.25, 0.3) is 0 Å². The molecule has 0 aromatic heterocycles. The average Bonchev–Trinajstić information content (AvgIpc) is 0.918. The van der Waals surface area contributed by atoms with E-state index in [9.17, 15) is 0 Å². The molecule has 0 rings (SSSR count). The van der Waals surface area contributed by atoms with Crippen molar-refractivity contribution in [3.63, 3.8) is 0 Å². The van der Waals surface area contributed by atoms with Gasteiger partial charge in [0.05, 0.1) is 0 Å². The topological polar surface area (TPSA) is 44.0 Å². The van der Waals surface area contributed by atoms with E-state index in [4.69, 9.17) is 10.4 Å². The molecule has 0 amide bonds. The predicted octanol–water partition coefficient (Wildman–Crippen LogP) is -0.543. The van der Waals surface area contributed by atoms with E-state index in [2.05, 4.69) is 0 Å². The van der Waals surface area contributed by atoms with Crippen molar-refractivity contribution in [3.8, 4) is 6.26 Å². The van der Waals surface area contributed by atoms with Crippen molar-refractivity contribution >= 4 is 51.4 Å². The van der Waals surface area contributed by atoms with Gasteiger partial charge in [-0.3, -0.25) is 0 Å². The van der Waals surface area contributed by atoms with Gasteiger partial charge in [-0.2, -0.15) is 5.26 Å². The molecular weight excluding hydrogens is 189 g/mol. The van der Waals surface area contributed by atoms with Gasteiger partial charge in [0.25, 0.3) is 6.26 Å². The Labute approximate surface area is 88.5 Å². The van der Waals surface area contributed by atoms with Crippen molar-refractivity contribution in [2.45, 2.75) is 0 Å². The molecule has 0 unspecified atom stereocenters. The summed E-state index contributed by atoms with van der Waals surface area (Å²) < 4.78 is 0. The molecule has 4 heteroatoms. The number of aliphatic hydroxyl groups is 1. The Morgan fingerprint density at radius 2 is 1.60 bits per heavy atom. The monoisotopic (exact) mass is 189 g/mol. The molecule has 2 nitrogen and oxygen atoms in total. The van der Waals surface area contributed by atoms with Gasteiger partial charge >= 0.3 is 0 Å². The number of nitrogens with zero attached hydrogens (tertiary/aromatic N) is 1. The molecule has 28 valence electrons. The second kappa shape index (κ2) is 17.4. The fraction of sp³-hybridized carbons (Fsp3) is 0. The molecule has 0 spiro atoms. The molecule has 5 heavy (non-hydrogen) atoms. The number of rotatable bonds is 0. The molecule has 0 bridgehead atoms. The number of nitriles is 1. The van der Waals surface area contributed by atoms with Crippen LogP contribution in [-0.4, -0.2) is 56.5 Å². The third-order valence-corrected chi connectivity index (χ3v) is 0. The molecular formula is CHAgKNO. The quantitative estimate of drug-likeness (QED) is 0.411. The Kier molecular flexibility index (Phi) is 55.3. The normalized spacial score (nSPS) is 1.40. The zero-order chi connectivity index (χ0) is 2.71. The summed E-state index contributed by atoms with van der Waals surface area (Å²) in [6.45, 7) is 0. The minimum Gasteiger partial charge on any atom is -0.443 e. The van der Waals surface area contributed by atoms with Gasteiger partial charge in [0, 0.05) is 73.8 Å². The van der Waals surface area contributed by atoms with Crippen molar-refractivity contribution in [2.75, 3.05) is 0 Å². The van der Waals surface area contributed by atoms with E-state index in [1.54, 1.807) is 0 Å². The van der Waals surface area contributed by atoms with Gasteiger partial charge in [-0.25, -0.2) is 0 Å². The van der Waals surface area contributed by atoms with E-state index >= 15 is 0 Å². The molecule has 0 heterocycles. The van der Waals surface area contributed by atoms with E-state index in [0.717, 1.165) is 6.26 Å². The second-order valence-electron chi connectivity index (χ2n) is 0.100. The summed E-state index contributed by atoms with van der Waals surface area (Å²) in [4.78, 5) is 0. The zero-order valence-corrected chi connectivity index (χ0v) is 7.30. The van der Waals surface area contributed by atoms with E-state index < -0.39 is 0 Å². The van der Waals surface area contributed by atoms with Gasteiger partial charge in [0.15, 0.2) is 0 Å². The van der Waals surface area contributed by atoms with Gasteiger partial charge in [-0.05, 0) is 0 Å². The van der Waals surface area contributed by atoms with Crippen LogP contribution in [0.15, 0.2) is 0 Å². The molecule has 0 aliphatic carbocycles. The fourth-order valence-electron chi connectivity index (χ4n) is 0. The van der Waals surface area contributed by atoms with Gasteiger partial charge < -0.3 is 5.11 Å². The second-order valence-corrected chi connectivity index (χ2v) is 0.100. The van der Waals surface area contributed by atoms with Crippen molar-refractivity contribution < 1.29 is 27.5 Å². The van der Waals surface area contributed by atoms with Gasteiger partial charge in [-0.1, -0.05) is 0 Å². The summed E-state index contributed by atoms with van der Waals surface area (Å²) in [6, 6.07) is 0. The van der Waals surface area contributed by atoms with E-state index in [1.165, 1.54) is 0 Å². The minimum absolute atomic E-state index is 0. The van der Waals surface area contributed by atoms with Gasteiger partial charge in [-0.15, -0.1) is 0 Å². The molecule has 0 aromatic carbocycles. The maximum Gasteiger partial charge on any atom is 0.283 e. The first-order chi connectivity index (χ1) is 1.41. The van der Waals surface area contributed by atoms with Gasteiger partial charge in [0.2, 0.25) is 0 Å². The summed E-state index contributed by atoms with van der Waals surface area (Å²) in [5.41, 5.74) is 0. The maximum absolute atomic E-state index is 6.88. The first-order valence-corrected chi connectivity index (χ1v) is 0.447. The first-order valence-electron chi connectivity index (χ1n) is 0.447. The molecule has 0 saturated carbocycles. The Bertz CT molecular complexity index is 33.1. The molecule has 0 saturated heterocycles. The summed E-state index contributed by atoms with van der Waals surface area (Å²) >= 11 is 0. The van der Waals surface area contributed by atoms with Crippen LogP contribution in [0.1, 0.15) is 0 Å². The van der Waals surface area contributed by atoms with Crippen LogP contribution in [0.4, 0.5) is 0 Å². The molecule has 0 aliphatic heterocycles. The average molecular weight is 190 g/mol. The van der Waals surface area contributed by atoms with E-state index in [0.29, 0.717) is 0 Å². The molecule has 1 N–H and O–H groups in total. The largest absolute Gasteiger partial charge is 0.443 e. The molecule has 0 aliphatic rings. The fourth-order valence-corrected chi connectivity index (χ4v) is 0. The smallest absolute Gasteiger partial charge is 0.283 e. The first kappa shape index (κ1) is 15.9. The molecule has 2 radical (unpaired) electrons. The van der Waals surface area contributed by atoms with Crippen molar-refractivity contribution in [3.05, 3.63) is 0 Å². The summed E-state index contributed by atoms with van der Waals surface area (Å²) in [7, 11) is 0. The van der Waals surface area contributed by atoms with Crippen molar-refractivity contribution in [1.82, 2.24) is 0 Å². The summed E-state index contributed by atoms with van der Waals surface area (Å²) in [5, 5.41) is 13.8. The van der Waals surface area contributed by atoms with Crippen LogP contribution >= 0.6 is 0 Å². The Morgan fingerprint density at radius 3 is 1.60 bits per heavy atom. The minimum atomic E-state index is 0. The van der Waals surface area contributed by atoms with Crippen LogP contribution < -0.4 is 0 Å². The van der Waals surface area contributed by atoms with Gasteiger partial charge in [0.1, 0.15) is 0 Å². The van der Waals surface area contributed by atoms with E-state index in [-0.39, 0.29) is 73.8 Å². The number of hydrogen-bond acceptors (Lipinski definition) is 2. The van der Waals surface area contributed by atoms with Crippen molar-refractivity contribution in [1.29, 1.82) is 5.26 Å². The molecule has 0 aromatic rings. The molecule has 0 fully saturated rings. The third kappa shape index (κ3) is 27.4. The van der Waals surface area contributed by atoms with Crippen LogP contribution in [0.2, 0.25) is 0 Å². The standard InChI is InChI=1S/CHNO.Ag.K/c2-1-3;;/h3H;;. The number of aliphatic hydroxyl groups excluding tert-OH is 1. The van der Waals surface area contributed by atoms with Crippen LogP contribution in [0.5, 0.6) is 0 Å². The number of hydrogen-bond donors (Lipinski definition) is 1. The summed E-state index contributed by atoms with van der Waals surface area (Å²) in [5.74, 6) is 0. The van der Waals surface area contributed by atoms with Crippen LogP contribution in [0, 0.1) is 11.5 Å². The third-order valence-electron chi connectivity index (χ3n) is 0. The Hall–Kier alpha value is 1.67. The maximum atomic E-state index is 6.88. The predicted molar refractivity (Wildman–Crippen MR) is 13.3 cm³/mol. The van der Waals surface area contributed by atoms with Crippen LogP contribution in [0.3, 0.4) is 0 Å². The SMILES string of the molecule is N#CO.[Ag].[K]. The zero-order valence-electron chi connectivity index (χ0n) is 2.70. The summed E-state index contributed by atoms with van der Waals surface area (Å²) in [6.07, 6.45) is 0.750. The van der Waals surface area contributed by atoms with Crippen LogP contribution in [-0.2, 0) is 22.4 Å². The van der Waals surface area contributed by atoms with Crippen molar-refractivity contribution in [2.24, 2.45) is 0 Å². The molecule has 0 atom stereocenters. The van der Waals surface area contributed by atoms with E-state index in [1.807, 2.05) is 0 Å².